The first kappa shape index (κ1) is 16.0. The second-order valence-corrected chi connectivity index (χ2v) is 0.920. The van der Waals surface area contributed by atoms with E-state index in [1.165, 1.54) is 0 Å². The Morgan fingerprint density at radius 1 is 1.11 bits per heavy atom. The first-order chi connectivity index (χ1) is 3.41. The van der Waals surface area contributed by atoms with Gasteiger partial charge in [-0.05, 0) is 0 Å². The molecule has 0 heterocycles. The van der Waals surface area contributed by atoms with Crippen molar-refractivity contribution < 1.29 is 35.0 Å². The second kappa shape index (κ2) is 15.7. The van der Waals surface area contributed by atoms with Gasteiger partial charge in [0.05, 0.1) is 25.2 Å². The van der Waals surface area contributed by atoms with Gasteiger partial charge in [-0.25, -0.2) is 0 Å². The maximum absolute atomic E-state index is 7.87. The second-order valence-electron chi connectivity index (χ2n) is 0.920. The Labute approximate surface area is 76.1 Å². The zero-order chi connectivity index (χ0) is 5.54. The summed E-state index contributed by atoms with van der Waals surface area (Å²) in [4.78, 5) is 0. The minimum Gasteiger partial charge on any atom is -0.870 e. The summed E-state index contributed by atoms with van der Waals surface area (Å²) in [5.74, 6) is 0. The Hall–Kier alpha value is -0.100. The zero-order valence-corrected chi connectivity index (χ0v) is 7.26. The Morgan fingerprint density at radius 2 is 1.44 bits per heavy atom. The van der Waals surface area contributed by atoms with Crippen LogP contribution in [0.3, 0.4) is 0 Å². The quantitative estimate of drug-likeness (QED) is 0.241. The van der Waals surface area contributed by atoms with Crippen LogP contribution in [0.15, 0.2) is 0 Å². The van der Waals surface area contributed by atoms with E-state index >= 15 is 0 Å². The normalized spacial score (nSPS) is 5.11. The molecule has 0 atom stereocenters. The van der Waals surface area contributed by atoms with Crippen molar-refractivity contribution in [3.05, 3.63) is 0 Å². The van der Waals surface area contributed by atoms with Gasteiger partial charge >= 0.3 is 29.6 Å². The fourth-order valence-electron chi connectivity index (χ4n) is 0.174. The predicted octanol–water partition coefficient (Wildman–Crippen LogP) is -3.55. The topological polar surface area (TPSA) is 89.6 Å². The van der Waals surface area contributed by atoms with Crippen LogP contribution in [0.25, 0.3) is 0 Å². The summed E-state index contributed by atoms with van der Waals surface area (Å²) in [6.07, 6.45) is 0. The van der Waals surface area contributed by atoms with Crippen LogP contribution in [0.2, 0.25) is 0 Å². The molecule has 5 heteroatoms. The number of rotatable bonds is 2. The largest absolute Gasteiger partial charge is 1.00 e. The molecule has 0 aromatic rings. The number of hydrogen-bond donors (Lipinski definition) is 1. The maximum atomic E-state index is 7.87. The molecular weight excluding hydrogens is 129 g/mol. The maximum Gasteiger partial charge on any atom is 1.00 e. The van der Waals surface area contributed by atoms with E-state index in [1.807, 2.05) is 12.1 Å². The Balaban J connectivity index is -0.000000180. The number of nitrogens with one attached hydrogen (secondary N) is 1. The molecule has 0 aliphatic carbocycles. The average molecular weight is 135 g/mol. The molecule has 0 saturated heterocycles. The monoisotopic (exact) mass is 135 g/mol. The van der Waals surface area contributed by atoms with E-state index in [2.05, 4.69) is 5.32 Å². The fraction of sp³-hybridized carbons (Fsp3) is 0.500. The Kier molecular flexibility index (Phi) is 27.8. The third kappa shape index (κ3) is 18.1. The van der Waals surface area contributed by atoms with E-state index in [0.29, 0.717) is 0 Å². The zero-order valence-electron chi connectivity index (χ0n) is 5.26. The molecule has 0 radical (unpaired) electrons. The van der Waals surface area contributed by atoms with E-state index in [1.54, 1.807) is 0 Å². The standard InChI is InChI=1S/C4H5N3.Na.H2O/c5-1-3-7-4-2-6;;/h7H,3-4H2;;1H2/q;+1;/p-1. The van der Waals surface area contributed by atoms with Gasteiger partial charge < -0.3 is 5.48 Å². The molecule has 0 aliphatic heterocycles. The average Bonchev–Trinajstić information content (AvgIpc) is 1.69. The van der Waals surface area contributed by atoms with Gasteiger partial charge in [-0.15, -0.1) is 0 Å². The summed E-state index contributed by atoms with van der Waals surface area (Å²) < 4.78 is 0. The van der Waals surface area contributed by atoms with Crippen LogP contribution in [0.4, 0.5) is 0 Å². The molecular formula is C4H6N3NaO. The molecule has 0 unspecified atom stereocenters. The predicted molar refractivity (Wildman–Crippen MR) is 26.0 cm³/mol. The smallest absolute Gasteiger partial charge is 0.870 e. The summed E-state index contributed by atoms with van der Waals surface area (Å²) in [5.41, 5.74) is 0. The molecule has 0 amide bonds. The molecule has 4 nitrogen and oxygen atoms in total. The number of hydrogen-bond acceptors (Lipinski definition) is 4. The molecule has 44 valence electrons. The van der Waals surface area contributed by atoms with Gasteiger partial charge in [0.15, 0.2) is 0 Å². The summed E-state index contributed by atoms with van der Waals surface area (Å²) in [6.45, 7) is 0.515. The molecule has 0 fully saturated rings. The summed E-state index contributed by atoms with van der Waals surface area (Å²) in [6, 6.07) is 3.68. The third-order valence-corrected chi connectivity index (χ3v) is 0.408. The molecule has 0 saturated carbocycles. The van der Waals surface area contributed by atoms with Gasteiger partial charge in [-0.1, -0.05) is 0 Å². The van der Waals surface area contributed by atoms with Crippen molar-refractivity contribution in [1.29, 1.82) is 10.5 Å². The molecule has 0 bridgehead atoms. The van der Waals surface area contributed by atoms with Crippen LogP contribution in [-0.4, -0.2) is 18.6 Å². The van der Waals surface area contributed by atoms with Gasteiger partial charge in [0.1, 0.15) is 0 Å². The Bertz CT molecular complexity index is 100.0. The van der Waals surface area contributed by atoms with Gasteiger partial charge in [-0.3, -0.25) is 5.32 Å². The number of nitrogens with zero attached hydrogens (tertiary/aromatic N) is 2. The summed E-state index contributed by atoms with van der Waals surface area (Å²) >= 11 is 0. The first-order valence-corrected chi connectivity index (χ1v) is 1.86. The van der Waals surface area contributed by atoms with E-state index in [0.717, 1.165) is 0 Å². The molecule has 2 N–H and O–H groups in total. The first-order valence-electron chi connectivity index (χ1n) is 1.86. The fourth-order valence-corrected chi connectivity index (χ4v) is 0.174. The van der Waals surface area contributed by atoms with E-state index in [-0.39, 0.29) is 48.1 Å². The van der Waals surface area contributed by atoms with Crippen molar-refractivity contribution in [3.8, 4) is 12.1 Å². The van der Waals surface area contributed by atoms with Crippen molar-refractivity contribution >= 4 is 0 Å². The van der Waals surface area contributed by atoms with Crippen molar-refractivity contribution in [2.45, 2.75) is 0 Å². The van der Waals surface area contributed by atoms with Gasteiger partial charge in [0.25, 0.3) is 0 Å². The molecule has 0 aromatic heterocycles. The van der Waals surface area contributed by atoms with Crippen LogP contribution in [-0.2, 0) is 0 Å². The van der Waals surface area contributed by atoms with Crippen LogP contribution < -0.4 is 34.9 Å². The summed E-state index contributed by atoms with van der Waals surface area (Å²) in [7, 11) is 0. The van der Waals surface area contributed by atoms with Gasteiger partial charge in [-0.2, -0.15) is 10.5 Å². The molecule has 0 spiro atoms. The van der Waals surface area contributed by atoms with Crippen molar-refractivity contribution in [1.82, 2.24) is 5.32 Å². The minimum absolute atomic E-state index is 0. The van der Waals surface area contributed by atoms with E-state index < -0.39 is 0 Å². The molecule has 9 heavy (non-hydrogen) atoms. The third-order valence-electron chi connectivity index (χ3n) is 0.408. The molecule has 0 aliphatic rings. The van der Waals surface area contributed by atoms with Crippen LogP contribution in [0.1, 0.15) is 0 Å². The number of nitriles is 2. The summed E-state index contributed by atoms with van der Waals surface area (Å²) in [5, 5.41) is 18.3. The van der Waals surface area contributed by atoms with Gasteiger partial charge in [0.2, 0.25) is 0 Å². The molecule has 0 rings (SSSR count). The SMILES string of the molecule is N#CCNCC#N.[Na+].[OH-]. The van der Waals surface area contributed by atoms with Gasteiger partial charge in [0, 0.05) is 0 Å². The van der Waals surface area contributed by atoms with Crippen molar-refractivity contribution in [2.24, 2.45) is 0 Å². The van der Waals surface area contributed by atoms with E-state index in [9.17, 15) is 0 Å². The van der Waals surface area contributed by atoms with E-state index in [4.69, 9.17) is 10.5 Å². The van der Waals surface area contributed by atoms with Crippen LogP contribution >= 0.6 is 0 Å². The van der Waals surface area contributed by atoms with Crippen LogP contribution in [0, 0.1) is 22.7 Å². The Morgan fingerprint density at radius 3 is 1.67 bits per heavy atom. The minimum atomic E-state index is 0. The van der Waals surface area contributed by atoms with Crippen LogP contribution in [0.5, 0.6) is 0 Å². The molecule has 0 aromatic carbocycles. The van der Waals surface area contributed by atoms with Crippen molar-refractivity contribution in [2.75, 3.05) is 13.1 Å². The van der Waals surface area contributed by atoms with Crippen molar-refractivity contribution in [3.63, 3.8) is 0 Å².